The highest BCUT2D eigenvalue weighted by atomic mass is 35.5. The molecular weight excluding hydrogens is 434 g/mol. The van der Waals surface area contributed by atoms with Crippen LogP contribution in [0.5, 0.6) is 5.75 Å². The minimum absolute atomic E-state index is 0.0749. The first-order chi connectivity index (χ1) is 14.8. The van der Waals surface area contributed by atoms with Gasteiger partial charge in [0, 0.05) is 17.5 Å². The summed E-state index contributed by atoms with van der Waals surface area (Å²) in [5, 5.41) is 40.7. The molecule has 1 fully saturated rings. The maximum atomic E-state index is 12.8. The first-order valence-corrected chi connectivity index (χ1v) is 10.3. The van der Waals surface area contributed by atoms with E-state index >= 15 is 0 Å². The smallest absolute Gasteiger partial charge is 0.263 e. The fourth-order valence-corrected chi connectivity index (χ4v) is 4.44. The fraction of sp³-hybridized carbons (Fsp3) is 0.455. The Bertz CT molecular complexity index is 937. The Morgan fingerprint density at radius 3 is 2.42 bits per heavy atom. The van der Waals surface area contributed by atoms with Crippen molar-refractivity contribution in [3.8, 4) is 5.75 Å². The summed E-state index contributed by atoms with van der Waals surface area (Å²) in [5.41, 5.74) is 2.59. The number of fused-ring (bicyclic) bond motifs is 1. The lowest BCUT2D eigenvalue weighted by atomic mass is 9.87. The second kappa shape index (κ2) is 8.97. The topological polar surface area (TPSA) is 99.4 Å². The zero-order chi connectivity index (χ0) is 22.3. The third kappa shape index (κ3) is 4.16. The van der Waals surface area contributed by atoms with E-state index < -0.39 is 43.6 Å². The first kappa shape index (κ1) is 22.4. The summed E-state index contributed by atoms with van der Waals surface area (Å²) >= 11 is 6.56. The number of ether oxygens (including phenoxy) is 2. The second-order valence-electron chi connectivity index (χ2n) is 7.81. The fourth-order valence-electron chi connectivity index (χ4n) is 4.15. The Morgan fingerprint density at radius 1 is 1.06 bits per heavy atom. The van der Waals surface area contributed by atoms with Crippen LogP contribution >= 0.6 is 11.6 Å². The molecule has 2 aromatic carbocycles. The van der Waals surface area contributed by atoms with Crippen molar-refractivity contribution >= 4 is 11.6 Å². The Balaban J connectivity index is 1.71. The molecule has 0 spiro atoms. The van der Waals surface area contributed by atoms with Crippen LogP contribution in [0.15, 0.2) is 30.3 Å². The van der Waals surface area contributed by atoms with E-state index in [0.717, 1.165) is 11.1 Å². The van der Waals surface area contributed by atoms with Crippen molar-refractivity contribution in [1.82, 2.24) is 0 Å². The predicted octanol–water partition coefficient (Wildman–Crippen LogP) is 2.32. The number of benzene rings is 2. The van der Waals surface area contributed by atoms with E-state index in [2.05, 4.69) is 0 Å². The molecule has 2 aromatic rings. The van der Waals surface area contributed by atoms with Crippen molar-refractivity contribution in [3.63, 3.8) is 0 Å². The van der Waals surface area contributed by atoms with Crippen LogP contribution in [-0.2, 0) is 17.6 Å². The van der Waals surface area contributed by atoms with Gasteiger partial charge in [0.15, 0.2) is 0 Å². The Labute approximate surface area is 182 Å². The number of hydrogen-bond donors (Lipinski definition) is 4. The summed E-state index contributed by atoms with van der Waals surface area (Å²) in [5.74, 6) is 0.454. The Hall–Kier alpha value is -1.81. The largest absolute Gasteiger partial charge is 0.491 e. The van der Waals surface area contributed by atoms with Crippen molar-refractivity contribution in [2.24, 2.45) is 0 Å². The zero-order valence-electron chi connectivity index (χ0n) is 16.4. The van der Waals surface area contributed by atoms with Crippen molar-refractivity contribution in [1.29, 1.82) is 0 Å². The molecule has 5 atom stereocenters. The van der Waals surface area contributed by atoms with Crippen LogP contribution in [0.1, 0.15) is 40.3 Å². The normalized spacial score (nSPS) is 27.9. The monoisotopic (exact) mass is 456 g/mol. The van der Waals surface area contributed by atoms with Gasteiger partial charge in [0.2, 0.25) is 0 Å². The van der Waals surface area contributed by atoms with Crippen molar-refractivity contribution < 1.29 is 38.7 Å². The Morgan fingerprint density at radius 2 is 1.77 bits per heavy atom. The molecule has 31 heavy (non-hydrogen) atoms. The third-order valence-electron chi connectivity index (χ3n) is 5.86. The van der Waals surface area contributed by atoms with Gasteiger partial charge < -0.3 is 29.9 Å². The molecule has 0 bridgehead atoms. The van der Waals surface area contributed by atoms with Crippen LogP contribution in [0.25, 0.3) is 0 Å². The molecule has 0 unspecified atom stereocenters. The molecule has 4 N–H and O–H groups in total. The first-order valence-electron chi connectivity index (χ1n) is 9.96. The van der Waals surface area contributed by atoms with E-state index in [0.29, 0.717) is 41.3 Å². The second-order valence-corrected chi connectivity index (χ2v) is 8.19. The van der Waals surface area contributed by atoms with E-state index in [1.807, 2.05) is 0 Å². The Kier molecular flexibility index (Phi) is 6.48. The average molecular weight is 457 g/mol. The van der Waals surface area contributed by atoms with Crippen LogP contribution in [-0.4, -0.2) is 58.1 Å². The van der Waals surface area contributed by atoms with Gasteiger partial charge in [-0.2, -0.15) is 0 Å². The highest BCUT2D eigenvalue weighted by Gasteiger charge is 2.45. The summed E-state index contributed by atoms with van der Waals surface area (Å²) in [6.45, 7) is -0.150. The third-order valence-corrected chi connectivity index (χ3v) is 6.27. The maximum absolute atomic E-state index is 12.8. The molecule has 168 valence electrons. The van der Waals surface area contributed by atoms with Crippen molar-refractivity contribution in [2.45, 2.75) is 49.8 Å². The van der Waals surface area contributed by atoms with Gasteiger partial charge in [-0.3, -0.25) is 0 Å². The van der Waals surface area contributed by atoms with Crippen molar-refractivity contribution in [2.75, 3.05) is 13.2 Å². The van der Waals surface area contributed by atoms with Gasteiger partial charge in [0.1, 0.15) is 36.3 Å². The zero-order valence-corrected chi connectivity index (χ0v) is 17.2. The van der Waals surface area contributed by atoms with Gasteiger partial charge in [-0.25, -0.2) is 8.78 Å². The molecule has 6 nitrogen and oxygen atoms in total. The van der Waals surface area contributed by atoms with Gasteiger partial charge in [-0.15, -0.1) is 0 Å². The standard InChI is InChI=1S/C22H23ClF2O6/c23-16-12(7-10-1-3-11(4-2-10)22(24)25)8-14(13-5-6-30-20(13)16)21-19(29)18(28)17(27)15(9-26)31-21/h1-4,8,15,17-19,21-22,26-29H,5-7,9H2/t15-,17-,18+,19-,21+/m1/s1. The molecule has 2 heterocycles. The molecule has 2 aliphatic heterocycles. The summed E-state index contributed by atoms with van der Waals surface area (Å²) in [7, 11) is 0. The van der Waals surface area contributed by atoms with Crippen molar-refractivity contribution in [3.05, 3.63) is 63.2 Å². The number of halogens is 3. The molecule has 4 rings (SSSR count). The molecule has 0 saturated carbocycles. The van der Waals surface area contributed by atoms with E-state index in [1.54, 1.807) is 18.2 Å². The SMILES string of the molecule is OC[C@H]1O[C@@H](c2cc(Cc3ccc(C(F)F)cc3)c(Cl)c3c2CCO3)[C@H](O)[C@@H](O)[C@@H]1O. The lowest BCUT2D eigenvalue weighted by molar-refractivity contribution is -0.231. The quantitative estimate of drug-likeness (QED) is 0.551. The molecule has 0 radical (unpaired) electrons. The molecular formula is C22H23ClF2O6. The van der Waals surface area contributed by atoms with Crippen LogP contribution in [0.4, 0.5) is 8.78 Å². The molecule has 9 heteroatoms. The lowest BCUT2D eigenvalue weighted by Crippen LogP contribution is -2.55. The highest BCUT2D eigenvalue weighted by molar-refractivity contribution is 6.33. The van der Waals surface area contributed by atoms with Crippen LogP contribution in [0.3, 0.4) is 0 Å². The predicted molar refractivity (Wildman–Crippen MR) is 108 cm³/mol. The van der Waals surface area contributed by atoms with Gasteiger partial charge in [-0.1, -0.05) is 41.9 Å². The maximum Gasteiger partial charge on any atom is 0.263 e. The summed E-state index contributed by atoms with van der Waals surface area (Å²) in [6.07, 6.45) is -8.15. The van der Waals surface area contributed by atoms with Gasteiger partial charge in [0.05, 0.1) is 18.2 Å². The molecule has 0 aromatic heterocycles. The van der Waals surface area contributed by atoms with E-state index in [1.165, 1.54) is 12.1 Å². The van der Waals surface area contributed by atoms with Crippen LogP contribution < -0.4 is 4.74 Å². The number of aliphatic hydroxyl groups is 4. The van der Waals surface area contributed by atoms with Gasteiger partial charge in [0.25, 0.3) is 6.43 Å². The average Bonchev–Trinajstić information content (AvgIpc) is 3.25. The summed E-state index contributed by atoms with van der Waals surface area (Å²) in [4.78, 5) is 0. The molecule has 1 saturated heterocycles. The van der Waals surface area contributed by atoms with Crippen LogP contribution in [0.2, 0.25) is 5.02 Å². The van der Waals surface area contributed by atoms with E-state index in [-0.39, 0.29) is 5.56 Å². The van der Waals surface area contributed by atoms with E-state index in [4.69, 9.17) is 21.1 Å². The lowest BCUT2D eigenvalue weighted by Gasteiger charge is -2.40. The summed E-state index contributed by atoms with van der Waals surface area (Å²) in [6, 6.07) is 7.65. The molecule has 0 amide bonds. The highest BCUT2D eigenvalue weighted by Crippen LogP contribution is 2.44. The van der Waals surface area contributed by atoms with E-state index in [9.17, 15) is 29.2 Å². The summed E-state index contributed by atoms with van der Waals surface area (Å²) < 4.78 is 37.1. The molecule has 2 aliphatic rings. The number of aliphatic hydroxyl groups excluding tert-OH is 4. The minimum Gasteiger partial charge on any atom is -0.491 e. The number of hydrogen-bond acceptors (Lipinski definition) is 6. The number of alkyl halides is 2. The number of rotatable bonds is 5. The molecule has 0 aliphatic carbocycles. The minimum atomic E-state index is -2.55. The van der Waals surface area contributed by atoms with Gasteiger partial charge >= 0.3 is 0 Å². The van der Waals surface area contributed by atoms with Crippen LogP contribution in [0, 0.1) is 0 Å². The van der Waals surface area contributed by atoms with Gasteiger partial charge in [-0.05, 0) is 23.1 Å².